The minimum absolute atomic E-state index is 0.0743. The van der Waals surface area contributed by atoms with E-state index in [0.29, 0.717) is 16.8 Å². The number of nitrogens with zero attached hydrogens (tertiary/aromatic N) is 1. The number of aliphatic hydroxyl groups is 1. The summed E-state index contributed by atoms with van der Waals surface area (Å²) in [6.45, 7) is 10.3. The third kappa shape index (κ3) is 4.89. The molecule has 0 saturated heterocycles. The maximum Gasteiger partial charge on any atom is 0.252 e. The lowest BCUT2D eigenvalue weighted by Gasteiger charge is -2.18. The van der Waals surface area contributed by atoms with Gasteiger partial charge in [0.2, 0.25) is 0 Å². The molecule has 0 bridgehead atoms. The molecule has 0 aliphatic rings. The molecule has 0 amide bonds. The fourth-order valence-corrected chi connectivity index (χ4v) is 4.88. The van der Waals surface area contributed by atoms with Crippen LogP contribution in [0.2, 0.25) is 0 Å². The van der Waals surface area contributed by atoms with Crippen LogP contribution in [-0.4, -0.2) is 43.6 Å². The summed E-state index contributed by atoms with van der Waals surface area (Å²) in [5.74, 6) is 0. The van der Waals surface area contributed by atoms with E-state index in [1.807, 2.05) is 20.8 Å². The van der Waals surface area contributed by atoms with Gasteiger partial charge >= 0.3 is 0 Å². The summed E-state index contributed by atoms with van der Waals surface area (Å²) in [6, 6.07) is 2.04. The summed E-state index contributed by atoms with van der Waals surface area (Å²) in [6.07, 6.45) is 1.52. The van der Waals surface area contributed by atoms with Gasteiger partial charge in [-0.1, -0.05) is 19.9 Å². The summed E-state index contributed by atoms with van der Waals surface area (Å²) in [5, 5.41) is 12.3. The third-order valence-corrected chi connectivity index (χ3v) is 6.50. The van der Waals surface area contributed by atoms with E-state index in [0.717, 1.165) is 10.4 Å². The standard InChI is InChI=1S/C14H24N2O3S2/c1-5-6-16(7-8-17)21(18,19)14-9-12(4)13(20-14)10-15-11(2)3/h5,9,11,15,17H,1,6-8,10H2,2-4H3. The van der Waals surface area contributed by atoms with Gasteiger partial charge in [-0.15, -0.1) is 17.9 Å². The molecule has 5 nitrogen and oxygen atoms in total. The Kier molecular flexibility index (Phi) is 7.02. The molecule has 7 heteroatoms. The Labute approximate surface area is 131 Å². The first-order valence-corrected chi connectivity index (χ1v) is 9.13. The Morgan fingerprint density at radius 3 is 2.71 bits per heavy atom. The third-order valence-electron chi connectivity index (χ3n) is 2.95. The molecule has 0 fully saturated rings. The number of aliphatic hydroxyl groups excluding tert-OH is 1. The summed E-state index contributed by atoms with van der Waals surface area (Å²) < 4.78 is 26.7. The van der Waals surface area contributed by atoms with Crippen molar-refractivity contribution in [2.24, 2.45) is 0 Å². The van der Waals surface area contributed by atoms with Crippen molar-refractivity contribution in [1.29, 1.82) is 0 Å². The van der Waals surface area contributed by atoms with Crippen molar-refractivity contribution in [3.63, 3.8) is 0 Å². The van der Waals surface area contributed by atoms with Crippen LogP contribution in [-0.2, 0) is 16.6 Å². The zero-order valence-electron chi connectivity index (χ0n) is 12.8. The predicted molar refractivity (Wildman–Crippen MR) is 87.1 cm³/mol. The van der Waals surface area contributed by atoms with E-state index in [1.54, 1.807) is 6.07 Å². The molecule has 1 aromatic rings. The minimum Gasteiger partial charge on any atom is -0.395 e. The van der Waals surface area contributed by atoms with Gasteiger partial charge in [-0.25, -0.2) is 8.42 Å². The van der Waals surface area contributed by atoms with E-state index in [9.17, 15) is 8.42 Å². The van der Waals surface area contributed by atoms with Crippen molar-refractivity contribution in [3.8, 4) is 0 Å². The first-order chi connectivity index (χ1) is 9.82. The van der Waals surface area contributed by atoms with Gasteiger partial charge in [-0.3, -0.25) is 0 Å². The van der Waals surface area contributed by atoms with Crippen LogP contribution in [0.4, 0.5) is 0 Å². The van der Waals surface area contributed by atoms with Crippen LogP contribution in [0, 0.1) is 6.92 Å². The molecule has 0 radical (unpaired) electrons. The van der Waals surface area contributed by atoms with Crippen molar-refractivity contribution in [3.05, 3.63) is 29.2 Å². The molecular formula is C14H24N2O3S2. The topological polar surface area (TPSA) is 69.6 Å². The summed E-state index contributed by atoms with van der Waals surface area (Å²) in [5.41, 5.74) is 0.967. The average molecular weight is 332 g/mol. The molecule has 0 unspecified atom stereocenters. The van der Waals surface area contributed by atoms with Gasteiger partial charge in [0.1, 0.15) is 4.21 Å². The number of hydrogen-bond donors (Lipinski definition) is 2. The minimum atomic E-state index is -3.57. The van der Waals surface area contributed by atoms with Crippen LogP contribution in [0.3, 0.4) is 0 Å². The molecule has 0 spiro atoms. The van der Waals surface area contributed by atoms with Crippen molar-refractivity contribution in [2.45, 2.75) is 37.6 Å². The zero-order valence-corrected chi connectivity index (χ0v) is 14.4. The monoisotopic (exact) mass is 332 g/mol. The Balaban J connectivity index is 3.02. The smallest absolute Gasteiger partial charge is 0.252 e. The van der Waals surface area contributed by atoms with Crippen molar-refractivity contribution >= 4 is 21.4 Å². The first kappa shape index (κ1) is 18.3. The highest BCUT2D eigenvalue weighted by atomic mass is 32.2. The van der Waals surface area contributed by atoms with E-state index in [1.165, 1.54) is 21.7 Å². The van der Waals surface area contributed by atoms with Gasteiger partial charge in [-0.05, 0) is 18.6 Å². The molecule has 0 aliphatic heterocycles. The first-order valence-electron chi connectivity index (χ1n) is 6.87. The number of sulfonamides is 1. The second-order valence-electron chi connectivity index (χ2n) is 5.08. The SMILES string of the molecule is C=CCN(CCO)S(=O)(=O)c1cc(C)c(CNC(C)C)s1. The van der Waals surface area contributed by atoms with E-state index < -0.39 is 10.0 Å². The molecule has 0 aromatic carbocycles. The molecule has 2 N–H and O–H groups in total. The number of hydrogen-bond acceptors (Lipinski definition) is 5. The van der Waals surface area contributed by atoms with Gasteiger partial charge in [0.15, 0.2) is 0 Å². The highest BCUT2D eigenvalue weighted by molar-refractivity contribution is 7.91. The maximum absolute atomic E-state index is 12.6. The molecular weight excluding hydrogens is 308 g/mol. The fourth-order valence-electron chi connectivity index (χ4n) is 1.78. The number of thiophene rings is 1. The highest BCUT2D eigenvalue weighted by Crippen LogP contribution is 2.28. The van der Waals surface area contributed by atoms with Crippen LogP contribution in [0.1, 0.15) is 24.3 Å². The van der Waals surface area contributed by atoms with Crippen LogP contribution in [0.5, 0.6) is 0 Å². The summed E-state index contributed by atoms with van der Waals surface area (Å²) in [7, 11) is -3.57. The predicted octanol–water partition coefficient (Wildman–Crippen LogP) is 1.72. The van der Waals surface area contributed by atoms with Crippen molar-refractivity contribution in [1.82, 2.24) is 9.62 Å². The second-order valence-corrected chi connectivity index (χ2v) is 8.38. The lowest BCUT2D eigenvalue weighted by Crippen LogP contribution is -2.33. The molecule has 0 atom stereocenters. The zero-order chi connectivity index (χ0) is 16.0. The van der Waals surface area contributed by atoms with Crippen LogP contribution < -0.4 is 5.32 Å². The molecule has 120 valence electrons. The number of nitrogens with one attached hydrogen (secondary N) is 1. The van der Waals surface area contributed by atoms with E-state index in [4.69, 9.17) is 5.11 Å². The Morgan fingerprint density at radius 1 is 1.52 bits per heavy atom. The molecule has 0 aliphatic carbocycles. The number of aryl methyl sites for hydroxylation is 1. The van der Waals surface area contributed by atoms with E-state index in [-0.39, 0.29) is 19.7 Å². The Bertz CT molecular complexity index is 565. The summed E-state index contributed by atoms with van der Waals surface area (Å²) in [4.78, 5) is 1.02. The normalized spacial score (nSPS) is 12.3. The highest BCUT2D eigenvalue weighted by Gasteiger charge is 2.25. The van der Waals surface area contributed by atoms with E-state index >= 15 is 0 Å². The quantitative estimate of drug-likeness (QED) is 0.676. The van der Waals surface area contributed by atoms with Crippen LogP contribution in [0.15, 0.2) is 22.9 Å². The molecule has 1 heterocycles. The molecule has 21 heavy (non-hydrogen) atoms. The Hall–Kier alpha value is -0.730. The average Bonchev–Trinajstić information content (AvgIpc) is 2.78. The van der Waals surface area contributed by atoms with Gasteiger partial charge < -0.3 is 10.4 Å². The van der Waals surface area contributed by atoms with Crippen molar-refractivity contribution in [2.75, 3.05) is 19.7 Å². The van der Waals surface area contributed by atoms with Gasteiger partial charge in [0, 0.05) is 30.6 Å². The lowest BCUT2D eigenvalue weighted by atomic mass is 10.3. The molecule has 0 saturated carbocycles. The largest absolute Gasteiger partial charge is 0.395 e. The van der Waals surface area contributed by atoms with Gasteiger partial charge in [-0.2, -0.15) is 4.31 Å². The Morgan fingerprint density at radius 2 is 2.19 bits per heavy atom. The second kappa shape index (κ2) is 8.05. The molecule has 1 rings (SSSR count). The lowest BCUT2D eigenvalue weighted by molar-refractivity contribution is 0.260. The molecule has 1 aromatic heterocycles. The summed E-state index contributed by atoms with van der Waals surface area (Å²) >= 11 is 1.28. The number of rotatable bonds is 9. The maximum atomic E-state index is 12.6. The van der Waals surface area contributed by atoms with Crippen molar-refractivity contribution < 1.29 is 13.5 Å². The van der Waals surface area contributed by atoms with Crippen LogP contribution in [0.25, 0.3) is 0 Å². The fraction of sp³-hybridized carbons (Fsp3) is 0.571. The van der Waals surface area contributed by atoms with Gasteiger partial charge in [0.05, 0.1) is 6.61 Å². The van der Waals surface area contributed by atoms with E-state index in [2.05, 4.69) is 11.9 Å². The van der Waals surface area contributed by atoms with Gasteiger partial charge in [0.25, 0.3) is 10.0 Å². The van der Waals surface area contributed by atoms with Crippen LogP contribution >= 0.6 is 11.3 Å².